The van der Waals surface area contributed by atoms with Gasteiger partial charge in [-0.3, -0.25) is 19.3 Å². The zero-order valence-electron chi connectivity index (χ0n) is 22.7. The Bertz CT molecular complexity index is 1410. The standard InChI is InChI=1S/C29H33F3N2O7/c1-12(2)13-3-5-34(6-4-13)11-15-9-18(35)21-17(23(15)29(30,31)32)8-14-7-16-10-19(36)22(27(33)40)26(39)28(16,41)25(38)20(14)24(21)37/h9,12-14,16,35-36,38,41H,3-8,10-11H2,1-2H3,(H2,33,40)/t14?,16-,28-/m0/s1. The molecule has 0 saturated carbocycles. The summed E-state index contributed by atoms with van der Waals surface area (Å²) in [4.78, 5) is 40.3. The number of aliphatic hydroxyl groups is 3. The van der Waals surface area contributed by atoms with Gasteiger partial charge >= 0.3 is 6.18 Å². The Morgan fingerprint density at radius 3 is 2.34 bits per heavy atom. The fraction of sp³-hybridized carbons (Fsp3) is 0.552. The van der Waals surface area contributed by atoms with Crippen LogP contribution >= 0.6 is 0 Å². The van der Waals surface area contributed by atoms with E-state index in [1.165, 1.54) is 0 Å². The number of rotatable bonds is 4. The number of ketones is 2. The number of halogens is 3. The van der Waals surface area contributed by atoms with Crippen LogP contribution in [0.4, 0.5) is 13.2 Å². The zero-order valence-corrected chi connectivity index (χ0v) is 22.7. The molecule has 4 aliphatic rings. The maximum Gasteiger partial charge on any atom is 0.417 e. The number of hydrogen-bond donors (Lipinski definition) is 5. The molecular formula is C29H33F3N2O7. The Labute approximate surface area is 234 Å². The van der Waals surface area contributed by atoms with Crippen molar-refractivity contribution >= 4 is 17.5 Å². The van der Waals surface area contributed by atoms with Crippen molar-refractivity contribution in [2.75, 3.05) is 13.1 Å². The summed E-state index contributed by atoms with van der Waals surface area (Å²) in [6.07, 6.45) is -4.29. The number of hydrogen-bond acceptors (Lipinski definition) is 8. The van der Waals surface area contributed by atoms with Crippen LogP contribution in [0.15, 0.2) is 28.7 Å². The van der Waals surface area contributed by atoms with E-state index in [9.17, 15) is 48.0 Å². The fourth-order valence-electron chi connectivity index (χ4n) is 7.26. The van der Waals surface area contributed by atoms with Gasteiger partial charge < -0.3 is 26.2 Å². The maximum absolute atomic E-state index is 14.6. The lowest BCUT2D eigenvalue weighted by Gasteiger charge is -2.45. The average Bonchev–Trinajstić information content (AvgIpc) is 2.85. The zero-order chi connectivity index (χ0) is 30.2. The molecule has 0 bridgehead atoms. The number of amides is 1. The largest absolute Gasteiger partial charge is 0.511 e. The normalized spacial score (nSPS) is 27.7. The van der Waals surface area contributed by atoms with E-state index < -0.39 is 99.0 Å². The van der Waals surface area contributed by atoms with Crippen molar-refractivity contribution in [1.82, 2.24) is 4.90 Å². The van der Waals surface area contributed by atoms with Gasteiger partial charge in [0.25, 0.3) is 5.91 Å². The second-order valence-electron chi connectivity index (χ2n) is 12.0. The number of carbonyl (C=O) groups is 3. The first-order chi connectivity index (χ1) is 19.1. The Morgan fingerprint density at radius 1 is 1.15 bits per heavy atom. The predicted octanol–water partition coefficient (Wildman–Crippen LogP) is 3.47. The second-order valence-corrected chi connectivity index (χ2v) is 12.0. The lowest BCUT2D eigenvalue weighted by Crippen LogP contribution is -2.57. The third-order valence-corrected chi connectivity index (χ3v) is 9.40. The van der Waals surface area contributed by atoms with Gasteiger partial charge in [0.05, 0.1) is 11.1 Å². The van der Waals surface area contributed by atoms with E-state index in [1.54, 1.807) is 0 Å². The summed E-state index contributed by atoms with van der Waals surface area (Å²) in [5, 5.41) is 43.5. The van der Waals surface area contributed by atoms with Gasteiger partial charge in [0.2, 0.25) is 5.78 Å². The molecular weight excluding hydrogens is 545 g/mol. The molecule has 1 saturated heterocycles. The van der Waals surface area contributed by atoms with Gasteiger partial charge in [-0.15, -0.1) is 0 Å². The van der Waals surface area contributed by atoms with Crippen molar-refractivity contribution in [3.8, 4) is 5.75 Å². The molecule has 0 radical (unpaired) electrons. The molecule has 1 aliphatic heterocycles. The van der Waals surface area contributed by atoms with E-state index in [-0.39, 0.29) is 18.5 Å². The van der Waals surface area contributed by atoms with Crippen LogP contribution in [0.1, 0.15) is 66.6 Å². The molecule has 3 atom stereocenters. The third-order valence-electron chi connectivity index (χ3n) is 9.40. The minimum absolute atomic E-state index is 0.0707. The van der Waals surface area contributed by atoms with E-state index in [0.29, 0.717) is 24.9 Å². The summed E-state index contributed by atoms with van der Waals surface area (Å²) in [7, 11) is 0. The number of allylic oxidation sites excluding steroid dienone is 2. The van der Waals surface area contributed by atoms with Crippen molar-refractivity contribution in [2.45, 2.75) is 64.3 Å². The van der Waals surface area contributed by atoms with Gasteiger partial charge in [-0.25, -0.2) is 0 Å². The number of likely N-dealkylation sites (tertiary alicyclic amines) is 1. The number of phenols is 1. The number of primary amides is 1. The van der Waals surface area contributed by atoms with Gasteiger partial charge in [-0.05, 0) is 73.7 Å². The number of Topliss-reactive ketones (excluding diaryl/α,β-unsaturated/α-hetero) is 2. The third kappa shape index (κ3) is 4.51. The Morgan fingerprint density at radius 2 is 1.78 bits per heavy atom. The maximum atomic E-state index is 14.6. The van der Waals surface area contributed by atoms with Crippen LogP contribution in [-0.2, 0) is 28.7 Å². The highest BCUT2D eigenvalue weighted by Gasteiger charge is 2.60. The number of aliphatic hydroxyl groups excluding tert-OH is 2. The van der Waals surface area contributed by atoms with Gasteiger partial charge in [0.1, 0.15) is 22.8 Å². The highest BCUT2D eigenvalue weighted by atomic mass is 19.4. The van der Waals surface area contributed by atoms with Crippen LogP contribution in [-0.4, -0.2) is 61.5 Å². The van der Waals surface area contributed by atoms with Crippen molar-refractivity contribution in [3.63, 3.8) is 0 Å². The molecule has 0 aromatic heterocycles. The molecule has 9 nitrogen and oxygen atoms in total. The molecule has 1 fully saturated rings. The van der Waals surface area contributed by atoms with E-state index in [1.807, 2.05) is 4.90 Å². The number of benzene rings is 1. The lowest BCUT2D eigenvalue weighted by molar-refractivity contribution is -0.144. The van der Waals surface area contributed by atoms with Crippen molar-refractivity contribution in [3.05, 3.63) is 51.0 Å². The second kappa shape index (κ2) is 9.87. The molecule has 0 spiro atoms. The number of nitrogens with zero attached hydrogens (tertiary/aromatic N) is 1. The quantitative estimate of drug-likeness (QED) is 0.340. The monoisotopic (exact) mass is 578 g/mol. The first-order valence-electron chi connectivity index (χ1n) is 13.7. The predicted molar refractivity (Wildman–Crippen MR) is 139 cm³/mol. The van der Waals surface area contributed by atoms with Crippen LogP contribution in [0.5, 0.6) is 5.75 Å². The van der Waals surface area contributed by atoms with E-state index in [2.05, 4.69) is 13.8 Å². The number of carbonyl (C=O) groups excluding carboxylic acids is 3. The molecule has 1 unspecified atom stereocenters. The first kappa shape index (κ1) is 29.1. The minimum atomic E-state index is -4.86. The van der Waals surface area contributed by atoms with Crippen LogP contribution in [0, 0.1) is 23.7 Å². The molecule has 3 aliphatic carbocycles. The van der Waals surface area contributed by atoms with E-state index in [0.717, 1.165) is 18.9 Å². The molecule has 222 valence electrons. The van der Waals surface area contributed by atoms with Crippen LogP contribution in [0.2, 0.25) is 0 Å². The van der Waals surface area contributed by atoms with Gasteiger partial charge in [0.15, 0.2) is 11.4 Å². The highest BCUT2D eigenvalue weighted by molar-refractivity contribution is 6.24. The van der Waals surface area contributed by atoms with Crippen molar-refractivity contribution in [2.24, 2.45) is 29.4 Å². The highest BCUT2D eigenvalue weighted by Crippen LogP contribution is 2.53. The summed E-state index contributed by atoms with van der Waals surface area (Å²) < 4.78 is 43.9. The molecule has 1 aromatic rings. The Hall–Kier alpha value is -3.38. The number of phenolic OH excluding ortho intramolecular Hbond substituents is 1. The molecule has 41 heavy (non-hydrogen) atoms. The number of piperidine rings is 1. The molecule has 6 N–H and O–H groups in total. The number of alkyl halides is 3. The summed E-state index contributed by atoms with van der Waals surface area (Å²) in [6, 6.07) is 0.935. The topological polar surface area (TPSA) is 161 Å². The van der Waals surface area contributed by atoms with E-state index >= 15 is 0 Å². The first-order valence-corrected chi connectivity index (χ1v) is 13.7. The summed E-state index contributed by atoms with van der Waals surface area (Å²) in [5.41, 5.74) is -1.23. The summed E-state index contributed by atoms with van der Waals surface area (Å²) >= 11 is 0. The average molecular weight is 579 g/mol. The van der Waals surface area contributed by atoms with Crippen LogP contribution < -0.4 is 5.73 Å². The van der Waals surface area contributed by atoms with Crippen molar-refractivity contribution < 1.29 is 48.0 Å². The molecule has 1 heterocycles. The summed E-state index contributed by atoms with van der Waals surface area (Å²) in [5.74, 6) is -7.69. The van der Waals surface area contributed by atoms with E-state index in [4.69, 9.17) is 5.73 Å². The molecule has 5 rings (SSSR count). The Kier molecular flexibility index (Phi) is 7.01. The molecule has 12 heteroatoms. The fourth-order valence-corrected chi connectivity index (χ4v) is 7.26. The van der Waals surface area contributed by atoms with Crippen LogP contribution in [0.25, 0.3) is 0 Å². The van der Waals surface area contributed by atoms with Crippen molar-refractivity contribution in [1.29, 1.82) is 0 Å². The molecule has 1 amide bonds. The van der Waals surface area contributed by atoms with Crippen LogP contribution in [0.3, 0.4) is 0 Å². The van der Waals surface area contributed by atoms with Gasteiger partial charge in [-0.1, -0.05) is 13.8 Å². The number of fused-ring (bicyclic) bond motifs is 3. The Balaban J connectivity index is 1.58. The summed E-state index contributed by atoms with van der Waals surface area (Å²) in [6.45, 7) is 5.35. The molecule has 1 aromatic carbocycles. The van der Waals surface area contributed by atoms with Gasteiger partial charge in [-0.2, -0.15) is 13.2 Å². The minimum Gasteiger partial charge on any atom is -0.511 e. The number of nitrogens with two attached hydrogens (primary N) is 1. The van der Waals surface area contributed by atoms with Gasteiger partial charge in [0, 0.05) is 24.5 Å². The smallest absolute Gasteiger partial charge is 0.417 e. The SMILES string of the molecule is CC(C)C1CCN(Cc2cc(O)c3c(c2C(F)(F)F)CC2C[C@H]4CC(O)=C(C(N)=O)C(=O)[C@@]4(O)C(O)=C2C3=O)CC1. The number of aromatic hydroxyl groups is 1. The lowest BCUT2D eigenvalue weighted by atomic mass is 9.60.